The summed E-state index contributed by atoms with van der Waals surface area (Å²) in [6, 6.07) is 10.2. The first-order valence-corrected chi connectivity index (χ1v) is 8.71. The Morgan fingerprint density at radius 3 is 2.36 bits per heavy atom. The SMILES string of the molecule is CCn1nc(C)c(Cl)c1/C(O)=C(\C#N)Cc1ccc(C(C)(C)C)cc1. The van der Waals surface area contributed by atoms with Gasteiger partial charge in [0.05, 0.1) is 22.4 Å². The molecular weight excluding hydrogens is 334 g/mol. The zero-order valence-electron chi connectivity index (χ0n) is 15.4. The molecule has 2 aromatic rings. The average Bonchev–Trinajstić information content (AvgIpc) is 2.86. The first kappa shape index (κ1) is 19.1. The van der Waals surface area contributed by atoms with Crippen LogP contribution in [0.4, 0.5) is 0 Å². The highest BCUT2D eigenvalue weighted by Crippen LogP contribution is 2.29. The van der Waals surface area contributed by atoms with Gasteiger partial charge in [0, 0.05) is 13.0 Å². The Kier molecular flexibility index (Phi) is 5.59. The van der Waals surface area contributed by atoms with Gasteiger partial charge in [-0.05, 0) is 30.4 Å². The molecule has 0 spiro atoms. The van der Waals surface area contributed by atoms with Gasteiger partial charge in [0.1, 0.15) is 5.69 Å². The molecule has 1 aromatic carbocycles. The number of allylic oxidation sites excluding steroid dienone is 1. The van der Waals surface area contributed by atoms with Crippen molar-refractivity contribution >= 4 is 17.4 Å². The van der Waals surface area contributed by atoms with Crippen molar-refractivity contribution in [3.8, 4) is 6.07 Å². The van der Waals surface area contributed by atoms with Crippen molar-refractivity contribution in [2.24, 2.45) is 0 Å². The highest BCUT2D eigenvalue weighted by Gasteiger charge is 2.20. The van der Waals surface area contributed by atoms with Crippen LogP contribution >= 0.6 is 11.6 Å². The number of aliphatic hydroxyl groups excluding tert-OH is 1. The Morgan fingerprint density at radius 1 is 1.28 bits per heavy atom. The molecule has 0 aliphatic carbocycles. The maximum Gasteiger partial charge on any atom is 0.156 e. The second kappa shape index (κ2) is 7.33. The number of benzene rings is 1. The fraction of sp³-hybridized carbons (Fsp3) is 0.400. The van der Waals surface area contributed by atoms with E-state index in [4.69, 9.17) is 11.6 Å². The summed E-state index contributed by atoms with van der Waals surface area (Å²) in [5.41, 5.74) is 3.59. The number of nitriles is 1. The van der Waals surface area contributed by atoms with Crippen molar-refractivity contribution < 1.29 is 5.11 Å². The molecule has 1 N–H and O–H groups in total. The fourth-order valence-electron chi connectivity index (χ4n) is 2.66. The summed E-state index contributed by atoms with van der Waals surface area (Å²) in [4.78, 5) is 0. The van der Waals surface area contributed by atoms with Crippen LogP contribution in [0.2, 0.25) is 5.02 Å². The van der Waals surface area contributed by atoms with Crippen molar-refractivity contribution in [2.75, 3.05) is 0 Å². The minimum Gasteiger partial charge on any atom is -0.505 e. The van der Waals surface area contributed by atoms with Gasteiger partial charge in [-0.1, -0.05) is 56.6 Å². The molecule has 1 heterocycles. The normalized spacial score (nSPS) is 12.7. The van der Waals surface area contributed by atoms with Crippen LogP contribution in [0, 0.1) is 18.3 Å². The van der Waals surface area contributed by atoms with E-state index in [1.807, 2.05) is 19.1 Å². The molecular formula is C20H24ClN3O. The van der Waals surface area contributed by atoms with E-state index in [1.165, 1.54) is 5.56 Å². The Hall–Kier alpha value is -2.25. The number of hydrogen-bond donors (Lipinski definition) is 1. The monoisotopic (exact) mass is 357 g/mol. The summed E-state index contributed by atoms with van der Waals surface area (Å²) in [7, 11) is 0. The molecule has 25 heavy (non-hydrogen) atoms. The molecule has 0 saturated heterocycles. The first-order chi connectivity index (χ1) is 11.7. The highest BCUT2D eigenvalue weighted by molar-refractivity contribution is 6.32. The summed E-state index contributed by atoms with van der Waals surface area (Å²) in [5, 5.41) is 24.8. The van der Waals surface area contributed by atoms with Gasteiger partial charge < -0.3 is 5.11 Å². The van der Waals surface area contributed by atoms with E-state index in [-0.39, 0.29) is 16.7 Å². The van der Waals surface area contributed by atoms with Crippen LogP contribution in [0.25, 0.3) is 5.76 Å². The number of hydrogen-bond acceptors (Lipinski definition) is 3. The number of aryl methyl sites for hydroxylation is 2. The van der Waals surface area contributed by atoms with E-state index in [0.29, 0.717) is 29.4 Å². The van der Waals surface area contributed by atoms with E-state index in [2.05, 4.69) is 44.1 Å². The molecule has 0 amide bonds. The molecule has 0 atom stereocenters. The summed E-state index contributed by atoms with van der Waals surface area (Å²) in [6.07, 6.45) is 0.344. The Labute approximate surface area is 154 Å². The Balaban J connectivity index is 2.40. The standard InChI is InChI=1S/C20H24ClN3O/c1-6-24-18(17(21)13(2)23-24)19(25)15(12-22)11-14-7-9-16(10-8-14)20(3,4)5/h7-10,25H,6,11H2,1-5H3/b19-15+. The zero-order chi connectivity index (χ0) is 18.8. The number of rotatable bonds is 4. The molecule has 4 nitrogen and oxygen atoms in total. The second-order valence-electron chi connectivity index (χ2n) is 7.13. The van der Waals surface area contributed by atoms with E-state index in [0.717, 1.165) is 5.56 Å². The molecule has 0 fully saturated rings. The van der Waals surface area contributed by atoms with Gasteiger partial charge in [-0.15, -0.1) is 0 Å². The van der Waals surface area contributed by atoms with Crippen molar-refractivity contribution in [3.05, 3.63) is 57.4 Å². The first-order valence-electron chi connectivity index (χ1n) is 8.34. The molecule has 1 aromatic heterocycles. The average molecular weight is 358 g/mol. The van der Waals surface area contributed by atoms with Crippen LogP contribution in [-0.4, -0.2) is 14.9 Å². The van der Waals surface area contributed by atoms with Crippen molar-refractivity contribution in [2.45, 2.75) is 53.0 Å². The van der Waals surface area contributed by atoms with Gasteiger partial charge in [-0.2, -0.15) is 10.4 Å². The van der Waals surface area contributed by atoms with Crippen LogP contribution < -0.4 is 0 Å². The van der Waals surface area contributed by atoms with Crippen molar-refractivity contribution in [1.82, 2.24) is 9.78 Å². The topological polar surface area (TPSA) is 61.8 Å². The van der Waals surface area contributed by atoms with Crippen molar-refractivity contribution in [3.63, 3.8) is 0 Å². The van der Waals surface area contributed by atoms with Crippen molar-refractivity contribution in [1.29, 1.82) is 5.26 Å². The predicted octanol–water partition coefficient (Wildman–Crippen LogP) is 5.20. The van der Waals surface area contributed by atoms with Gasteiger partial charge in [-0.25, -0.2) is 0 Å². The molecule has 0 aliphatic rings. The van der Waals surface area contributed by atoms with Crippen LogP contribution in [-0.2, 0) is 18.4 Å². The minimum atomic E-state index is -0.102. The number of nitrogens with zero attached hydrogens (tertiary/aromatic N) is 3. The minimum absolute atomic E-state index is 0.0766. The van der Waals surface area contributed by atoms with Gasteiger partial charge in [0.15, 0.2) is 5.76 Å². The van der Waals surface area contributed by atoms with E-state index in [1.54, 1.807) is 11.6 Å². The van der Waals surface area contributed by atoms with Gasteiger partial charge >= 0.3 is 0 Å². The lowest BCUT2D eigenvalue weighted by atomic mass is 9.86. The third kappa shape index (κ3) is 4.05. The molecule has 0 radical (unpaired) electrons. The lowest BCUT2D eigenvalue weighted by Gasteiger charge is -2.19. The maximum absolute atomic E-state index is 10.6. The molecule has 132 valence electrons. The molecule has 5 heteroatoms. The predicted molar refractivity (Wildman–Crippen MR) is 102 cm³/mol. The van der Waals surface area contributed by atoms with Crippen LogP contribution in [0.5, 0.6) is 0 Å². The van der Waals surface area contributed by atoms with Gasteiger partial charge in [-0.3, -0.25) is 4.68 Å². The zero-order valence-corrected chi connectivity index (χ0v) is 16.1. The number of aliphatic hydroxyl groups is 1. The quantitative estimate of drug-likeness (QED) is 0.604. The molecule has 2 rings (SSSR count). The molecule has 0 saturated carbocycles. The Bertz CT molecular complexity index is 834. The van der Waals surface area contributed by atoms with Crippen LogP contribution in [0.15, 0.2) is 29.8 Å². The number of halogens is 1. The largest absolute Gasteiger partial charge is 0.505 e. The molecule has 0 unspecified atom stereocenters. The fourth-order valence-corrected chi connectivity index (χ4v) is 2.89. The van der Waals surface area contributed by atoms with Gasteiger partial charge in [0.2, 0.25) is 0 Å². The summed E-state index contributed by atoms with van der Waals surface area (Å²) in [5.74, 6) is -0.102. The summed E-state index contributed by atoms with van der Waals surface area (Å²) < 4.78 is 1.62. The maximum atomic E-state index is 10.6. The highest BCUT2D eigenvalue weighted by atomic mass is 35.5. The summed E-state index contributed by atoms with van der Waals surface area (Å²) >= 11 is 6.28. The lowest BCUT2D eigenvalue weighted by molar-refractivity contribution is 0.491. The molecule has 0 aliphatic heterocycles. The van der Waals surface area contributed by atoms with E-state index < -0.39 is 0 Å². The smallest absolute Gasteiger partial charge is 0.156 e. The van der Waals surface area contributed by atoms with E-state index >= 15 is 0 Å². The second-order valence-corrected chi connectivity index (χ2v) is 7.50. The van der Waals surface area contributed by atoms with Crippen LogP contribution in [0.3, 0.4) is 0 Å². The Morgan fingerprint density at radius 2 is 1.88 bits per heavy atom. The molecule has 0 bridgehead atoms. The summed E-state index contributed by atoms with van der Waals surface area (Å²) in [6.45, 7) is 10.7. The van der Waals surface area contributed by atoms with Gasteiger partial charge in [0.25, 0.3) is 0 Å². The number of aromatic nitrogens is 2. The lowest BCUT2D eigenvalue weighted by Crippen LogP contribution is -2.10. The third-order valence-electron chi connectivity index (χ3n) is 4.20. The third-order valence-corrected chi connectivity index (χ3v) is 4.65. The van der Waals surface area contributed by atoms with Crippen LogP contribution in [0.1, 0.15) is 50.2 Å². The van der Waals surface area contributed by atoms with E-state index in [9.17, 15) is 10.4 Å².